The third kappa shape index (κ3) is 1.27. The predicted octanol–water partition coefficient (Wildman–Crippen LogP) is 0.475. The van der Waals surface area contributed by atoms with Gasteiger partial charge in [0.1, 0.15) is 0 Å². The summed E-state index contributed by atoms with van der Waals surface area (Å²) in [4.78, 5) is 12.1. The van der Waals surface area contributed by atoms with Crippen LogP contribution in [0.15, 0.2) is 12.1 Å². The van der Waals surface area contributed by atoms with Crippen LogP contribution in [-0.4, -0.2) is 40.8 Å². The number of phenols is 1. The summed E-state index contributed by atoms with van der Waals surface area (Å²) in [6, 6.07) is 3.37. The van der Waals surface area contributed by atoms with Gasteiger partial charge in [0, 0.05) is 18.0 Å². The van der Waals surface area contributed by atoms with Gasteiger partial charge < -0.3 is 20.3 Å². The summed E-state index contributed by atoms with van der Waals surface area (Å²) in [6.07, 6.45) is 0.777. The summed E-state index contributed by atoms with van der Waals surface area (Å²) >= 11 is 0. The maximum absolute atomic E-state index is 12.1. The van der Waals surface area contributed by atoms with Crippen molar-refractivity contribution in [3.8, 4) is 11.5 Å². The van der Waals surface area contributed by atoms with Crippen molar-refractivity contribution in [1.29, 1.82) is 0 Å². The van der Waals surface area contributed by atoms with Crippen LogP contribution < -0.4 is 10.1 Å². The van der Waals surface area contributed by atoms with E-state index in [1.54, 1.807) is 6.07 Å². The van der Waals surface area contributed by atoms with Gasteiger partial charge in [0.05, 0.1) is 11.5 Å². The van der Waals surface area contributed by atoms with Gasteiger partial charge in [0.25, 0.3) is 0 Å². The lowest BCUT2D eigenvalue weighted by Crippen LogP contribution is -2.62. The SMILES string of the molecule is CNC1Cc2ccc(O)c3c2C2[C@@H](O3)C(=O)CC[C@@]12O. The van der Waals surface area contributed by atoms with Crippen molar-refractivity contribution < 1.29 is 19.7 Å². The van der Waals surface area contributed by atoms with Crippen LogP contribution >= 0.6 is 0 Å². The van der Waals surface area contributed by atoms with Crippen LogP contribution in [0, 0.1) is 0 Å². The molecule has 0 bridgehead atoms. The highest BCUT2D eigenvalue weighted by atomic mass is 16.5. The van der Waals surface area contributed by atoms with E-state index in [0.717, 1.165) is 11.1 Å². The fourth-order valence-corrected chi connectivity index (χ4v) is 4.14. The predicted molar refractivity (Wildman–Crippen MR) is 71.0 cm³/mol. The number of carbonyl (C=O) groups excluding carboxylic acids is 1. The van der Waals surface area contributed by atoms with Gasteiger partial charge in [0.2, 0.25) is 0 Å². The topological polar surface area (TPSA) is 78.8 Å². The third-order valence-corrected chi connectivity index (χ3v) is 5.13. The summed E-state index contributed by atoms with van der Waals surface area (Å²) in [7, 11) is 1.83. The Morgan fingerprint density at radius 1 is 1.45 bits per heavy atom. The van der Waals surface area contributed by atoms with Crippen molar-refractivity contribution in [2.75, 3.05) is 7.05 Å². The van der Waals surface area contributed by atoms with Crippen molar-refractivity contribution in [3.05, 3.63) is 23.3 Å². The molecule has 0 amide bonds. The van der Waals surface area contributed by atoms with Crippen LogP contribution in [0.25, 0.3) is 0 Å². The molecule has 0 radical (unpaired) electrons. The van der Waals surface area contributed by atoms with Gasteiger partial charge in [-0.25, -0.2) is 0 Å². The van der Waals surface area contributed by atoms with E-state index >= 15 is 0 Å². The number of ether oxygens (including phenoxy) is 1. The van der Waals surface area contributed by atoms with Crippen molar-refractivity contribution >= 4 is 5.78 Å². The first-order valence-corrected chi connectivity index (χ1v) is 7.00. The third-order valence-electron chi connectivity index (χ3n) is 5.13. The highest BCUT2D eigenvalue weighted by molar-refractivity contribution is 5.88. The normalized spacial score (nSPS) is 37.5. The van der Waals surface area contributed by atoms with Gasteiger partial charge in [-0.2, -0.15) is 0 Å². The molecule has 1 heterocycles. The maximum atomic E-state index is 12.1. The van der Waals surface area contributed by atoms with E-state index in [0.29, 0.717) is 25.0 Å². The molecular formula is C15H17NO4. The number of rotatable bonds is 1. The fraction of sp³-hybridized carbons (Fsp3) is 0.533. The standard InChI is InChI=1S/C15H17NO4/c1-16-10-6-7-2-3-8(17)13-11(7)12-14(20-13)9(18)4-5-15(10,12)19/h2-3,10,12,14,16-17,19H,4-6H2,1H3/t10?,12?,14-,15+/m0/s1. The number of aromatic hydroxyl groups is 1. The van der Waals surface area contributed by atoms with Crippen LogP contribution in [-0.2, 0) is 11.2 Å². The summed E-state index contributed by atoms with van der Waals surface area (Å²) < 4.78 is 5.72. The lowest BCUT2D eigenvalue weighted by Gasteiger charge is -2.48. The van der Waals surface area contributed by atoms with E-state index < -0.39 is 11.7 Å². The second kappa shape index (κ2) is 3.74. The van der Waals surface area contributed by atoms with Crippen LogP contribution in [0.1, 0.15) is 29.9 Å². The molecule has 1 saturated carbocycles. The summed E-state index contributed by atoms with van der Waals surface area (Å²) in [6.45, 7) is 0. The van der Waals surface area contributed by atoms with Crippen molar-refractivity contribution in [2.24, 2.45) is 0 Å². The van der Waals surface area contributed by atoms with E-state index in [2.05, 4.69) is 5.32 Å². The summed E-state index contributed by atoms with van der Waals surface area (Å²) in [5.74, 6) is 0.0852. The molecule has 1 aromatic rings. The van der Waals surface area contributed by atoms with Crippen molar-refractivity contribution in [2.45, 2.75) is 42.9 Å². The number of phenolic OH excluding ortho intramolecular Hbond substituents is 1. The Kier molecular flexibility index (Phi) is 2.28. The first-order chi connectivity index (χ1) is 9.56. The number of carbonyl (C=O) groups is 1. The quantitative estimate of drug-likeness (QED) is 0.694. The molecule has 106 valence electrons. The minimum atomic E-state index is -0.987. The molecule has 3 N–H and O–H groups in total. The van der Waals surface area contributed by atoms with Gasteiger partial charge in [0.15, 0.2) is 23.4 Å². The highest BCUT2D eigenvalue weighted by Gasteiger charge is 2.60. The Morgan fingerprint density at radius 2 is 2.25 bits per heavy atom. The number of Topliss-reactive ketones (excluding diaryl/α,β-unsaturated/α-hetero) is 1. The van der Waals surface area contributed by atoms with Gasteiger partial charge in [-0.3, -0.25) is 4.79 Å². The van der Waals surface area contributed by atoms with Crippen molar-refractivity contribution in [1.82, 2.24) is 5.32 Å². The van der Waals surface area contributed by atoms with Crippen molar-refractivity contribution in [3.63, 3.8) is 0 Å². The van der Waals surface area contributed by atoms with E-state index in [-0.39, 0.29) is 23.5 Å². The van der Waals surface area contributed by atoms with Crippen LogP contribution in [0.3, 0.4) is 0 Å². The highest BCUT2D eigenvalue weighted by Crippen LogP contribution is 2.57. The first kappa shape index (κ1) is 12.2. The Labute approximate surface area is 116 Å². The molecule has 20 heavy (non-hydrogen) atoms. The number of aliphatic hydroxyl groups is 1. The molecule has 5 nitrogen and oxygen atoms in total. The first-order valence-electron chi connectivity index (χ1n) is 7.00. The molecule has 1 aliphatic heterocycles. The average Bonchev–Trinajstić information content (AvgIpc) is 2.85. The smallest absolute Gasteiger partial charge is 0.174 e. The lowest BCUT2D eigenvalue weighted by molar-refractivity contribution is -0.140. The molecule has 4 atom stereocenters. The van der Waals surface area contributed by atoms with Gasteiger partial charge in [-0.1, -0.05) is 6.07 Å². The Hall–Kier alpha value is -1.59. The zero-order valence-corrected chi connectivity index (χ0v) is 11.2. The molecule has 1 aromatic carbocycles. The molecule has 1 fully saturated rings. The Bertz CT molecular complexity index is 614. The van der Waals surface area contributed by atoms with Crippen LogP contribution in [0.4, 0.5) is 0 Å². The average molecular weight is 275 g/mol. The minimum Gasteiger partial charge on any atom is -0.504 e. The maximum Gasteiger partial charge on any atom is 0.174 e. The molecule has 0 spiro atoms. The van der Waals surface area contributed by atoms with Gasteiger partial charge >= 0.3 is 0 Å². The number of hydrogen-bond acceptors (Lipinski definition) is 5. The Balaban J connectivity index is 1.97. The van der Waals surface area contributed by atoms with Gasteiger partial charge in [-0.15, -0.1) is 0 Å². The molecule has 5 heteroatoms. The largest absolute Gasteiger partial charge is 0.504 e. The minimum absolute atomic E-state index is 0.0120. The number of likely N-dealkylation sites (N-methyl/N-ethyl adjacent to an activating group) is 1. The van der Waals surface area contributed by atoms with E-state index in [4.69, 9.17) is 4.74 Å². The summed E-state index contributed by atoms with van der Waals surface area (Å²) in [5.41, 5.74) is 0.889. The van der Waals surface area contributed by atoms with Crippen LogP contribution in [0.2, 0.25) is 0 Å². The second-order valence-electron chi connectivity index (χ2n) is 6.01. The monoisotopic (exact) mass is 275 g/mol. The zero-order chi connectivity index (χ0) is 14.1. The van der Waals surface area contributed by atoms with Crippen LogP contribution in [0.5, 0.6) is 11.5 Å². The molecule has 0 saturated heterocycles. The summed E-state index contributed by atoms with van der Waals surface area (Å²) in [5, 5.41) is 24.3. The van der Waals surface area contributed by atoms with E-state index in [9.17, 15) is 15.0 Å². The molecule has 3 aliphatic rings. The van der Waals surface area contributed by atoms with E-state index in [1.165, 1.54) is 0 Å². The molecule has 0 aromatic heterocycles. The zero-order valence-electron chi connectivity index (χ0n) is 11.2. The number of ketones is 1. The number of nitrogens with one attached hydrogen (secondary N) is 1. The molecule has 2 aliphatic carbocycles. The number of benzene rings is 1. The Morgan fingerprint density at radius 3 is 3.00 bits per heavy atom. The van der Waals surface area contributed by atoms with Gasteiger partial charge in [-0.05, 0) is 31.5 Å². The molecule has 4 rings (SSSR count). The number of hydrogen-bond donors (Lipinski definition) is 3. The lowest BCUT2D eigenvalue weighted by atomic mass is 9.62. The molecular weight excluding hydrogens is 258 g/mol. The second-order valence-corrected chi connectivity index (χ2v) is 6.01. The fourth-order valence-electron chi connectivity index (χ4n) is 4.14. The van der Waals surface area contributed by atoms with E-state index in [1.807, 2.05) is 13.1 Å². The molecule has 2 unspecified atom stereocenters.